The molecule has 5 rings (SSSR count). The average molecular weight is 584 g/mol. The number of nitrogens with one attached hydrogen (secondary N) is 3. The molecule has 42 heavy (non-hydrogen) atoms. The molecule has 1 aromatic carbocycles. The summed E-state index contributed by atoms with van der Waals surface area (Å²) >= 11 is 0. The number of hydrogen-bond donors (Lipinski definition) is 6. The minimum atomic E-state index is -3.51. The van der Waals surface area contributed by atoms with Crippen molar-refractivity contribution in [1.29, 1.82) is 0 Å². The Hall–Kier alpha value is -4.71. The van der Waals surface area contributed by atoms with Gasteiger partial charge in [0.25, 0.3) is 5.91 Å². The molecule has 0 bridgehead atoms. The maximum Gasteiger partial charge on any atom is 0.369 e. The third-order valence-electron chi connectivity index (χ3n) is 6.60. The summed E-state index contributed by atoms with van der Waals surface area (Å²) in [5, 5.41) is 46.6. The highest BCUT2D eigenvalue weighted by Crippen LogP contribution is 2.37. The summed E-state index contributed by atoms with van der Waals surface area (Å²) in [5.41, 5.74) is 0.358. The van der Waals surface area contributed by atoms with E-state index in [0.717, 1.165) is 19.3 Å². The smallest absolute Gasteiger partial charge is 0.369 e. The van der Waals surface area contributed by atoms with Crippen molar-refractivity contribution in [2.45, 2.75) is 25.5 Å². The number of para-hydroxylation sites is 1. The molecule has 0 unspecified atom stereocenters. The van der Waals surface area contributed by atoms with E-state index in [1.807, 2.05) is 0 Å². The number of methoxy groups -OCH3 is 1. The van der Waals surface area contributed by atoms with Gasteiger partial charge in [-0.2, -0.15) is 4.98 Å². The third kappa shape index (κ3) is 6.95. The number of ether oxygens (including phenoxy) is 1. The number of carbonyl (C=O) groups excluding carboxylic acids is 3. The Bertz CT molecular complexity index is 1460. The second-order valence-electron chi connectivity index (χ2n) is 9.79. The monoisotopic (exact) mass is 583 g/mol. The van der Waals surface area contributed by atoms with Crippen molar-refractivity contribution in [2.75, 3.05) is 43.9 Å². The minimum absolute atomic E-state index is 0.00318. The van der Waals surface area contributed by atoms with Crippen molar-refractivity contribution >= 4 is 35.4 Å². The van der Waals surface area contributed by atoms with Gasteiger partial charge in [0.2, 0.25) is 24.0 Å². The van der Waals surface area contributed by atoms with Gasteiger partial charge in [-0.1, -0.05) is 11.2 Å². The van der Waals surface area contributed by atoms with Crippen molar-refractivity contribution in [1.82, 2.24) is 35.5 Å². The van der Waals surface area contributed by atoms with Gasteiger partial charge in [-0.15, -0.1) is 10.2 Å². The van der Waals surface area contributed by atoms with Crippen LogP contribution in [0.15, 0.2) is 28.8 Å². The van der Waals surface area contributed by atoms with Crippen LogP contribution >= 0.6 is 0 Å². The van der Waals surface area contributed by atoms with Crippen LogP contribution in [0.25, 0.3) is 11.4 Å². The zero-order valence-corrected chi connectivity index (χ0v) is 22.5. The Labute approximate surface area is 238 Å². The molecular formula is C25H29N9O8. The van der Waals surface area contributed by atoms with Gasteiger partial charge < -0.3 is 40.1 Å². The molecule has 1 aliphatic heterocycles. The number of amides is 3. The van der Waals surface area contributed by atoms with Crippen molar-refractivity contribution < 1.29 is 39.0 Å². The van der Waals surface area contributed by atoms with Gasteiger partial charge in [0.05, 0.1) is 30.6 Å². The molecule has 2 aromatic heterocycles. The van der Waals surface area contributed by atoms with Gasteiger partial charge in [0.15, 0.2) is 17.3 Å². The molecule has 2 fully saturated rings. The molecule has 2 aliphatic rings. The number of aliphatic hydroxyl groups is 3. The SMILES string of the molecule is COc1c(Nc2cc(NC(=O)C3CC3)nnc2C(=O)NC(O)(O)O)cccc1-c1noc(CN2CCN(C=O)CC2)n1. The molecule has 17 heteroatoms. The molecule has 1 saturated heterocycles. The zero-order chi connectivity index (χ0) is 29.9. The fraction of sp³-hybridized carbons (Fsp3) is 0.400. The van der Waals surface area contributed by atoms with E-state index in [2.05, 4.69) is 35.9 Å². The molecule has 0 spiro atoms. The molecule has 17 nitrogen and oxygen atoms in total. The van der Waals surface area contributed by atoms with Crippen LogP contribution in [0.5, 0.6) is 5.75 Å². The Morgan fingerprint density at radius 3 is 2.57 bits per heavy atom. The lowest BCUT2D eigenvalue weighted by Gasteiger charge is -2.31. The first-order valence-corrected chi connectivity index (χ1v) is 13.0. The molecule has 6 N–H and O–H groups in total. The lowest BCUT2D eigenvalue weighted by Crippen LogP contribution is -2.48. The maximum atomic E-state index is 12.7. The van der Waals surface area contributed by atoms with Crippen LogP contribution < -0.4 is 20.7 Å². The van der Waals surface area contributed by atoms with E-state index in [0.29, 0.717) is 49.9 Å². The van der Waals surface area contributed by atoms with Crippen molar-refractivity contribution in [3.8, 4) is 17.1 Å². The predicted octanol–water partition coefficient (Wildman–Crippen LogP) is -0.781. The van der Waals surface area contributed by atoms with Gasteiger partial charge in [-0.25, -0.2) is 0 Å². The van der Waals surface area contributed by atoms with E-state index in [1.54, 1.807) is 28.4 Å². The van der Waals surface area contributed by atoms with Crippen molar-refractivity contribution in [3.63, 3.8) is 0 Å². The van der Waals surface area contributed by atoms with Crippen molar-refractivity contribution in [3.05, 3.63) is 35.9 Å². The topological polar surface area (TPSA) is 228 Å². The zero-order valence-electron chi connectivity index (χ0n) is 22.5. The van der Waals surface area contributed by atoms with Gasteiger partial charge in [0, 0.05) is 38.2 Å². The summed E-state index contributed by atoms with van der Waals surface area (Å²) in [6, 6.07) is 6.35. The quantitative estimate of drug-likeness (QED) is 0.120. The molecule has 1 aliphatic carbocycles. The lowest BCUT2D eigenvalue weighted by molar-refractivity contribution is -0.323. The number of benzene rings is 1. The lowest BCUT2D eigenvalue weighted by atomic mass is 10.1. The predicted molar refractivity (Wildman–Crippen MR) is 143 cm³/mol. The van der Waals surface area contributed by atoms with Gasteiger partial charge in [-0.05, 0) is 25.0 Å². The summed E-state index contributed by atoms with van der Waals surface area (Å²) in [4.78, 5) is 44.2. The summed E-state index contributed by atoms with van der Waals surface area (Å²) in [6.45, 7) is 2.96. The number of anilines is 3. The molecule has 0 radical (unpaired) electrons. The van der Waals surface area contributed by atoms with Crippen LogP contribution in [0, 0.1) is 5.92 Å². The highest BCUT2D eigenvalue weighted by molar-refractivity contribution is 6.00. The van der Waals surface area contributed by atoms with E-state index in [4.69, 9.17) is 9.26 Å². The average Bonchev–Trinajstić information content (AvgIpc) is 3.71. The van der Waals surface area contributed by atoms with Crippen molar-refractivity contribution in [2.24, 2.45) is 5.92 Å². The van der Waals surface area contributed by atoms with Gasteiger partial charge >= 0.3 is 6.10 Å². The molecule has 1 saturated carbocycles. The number of carbonyl (C=O) groups is 3. The van der Waals surface area contributed by atoms with Crippen LogP contribution in [0.3, 0.4) is 0 Å². The first-order valence-electron chi connectivity index (χ1n) is 13.0. The number of aromatic nitrogens is 4. The summed E-state index contributed by atoms with van der Waals surface area (Å²) in [5.74, 6) is -0.611. The molecule has 3 aromatic rings. The second-order valence-corrected chi connectivity index (χ2v) is 9.79. The third-order valence-corrected chi connectivity index (χ3v) is 6.60. The largest absolute Gasteiger partial charge is 0.494 e. The number of rotatable bonds is 11. The van der Waals surface area contributed by atoms with E-state index >= 15 is 0 Å². The molecule has 0 atom stereocenters. The normalized spacial score (nSPS) is 15.7. The summed E-state index contributed by atoms with van der Waals surface area (Å²) in [6.07, 6.45) is -1.16. The van der Waals surface area contributed by atoms with Crippen LogP contribution in [-0.4, -0.2) is 103 Å². The van der Waals surface area contributed by atoms with E-state index in [-0.39, 0.29) is 34.9 Å². The Morgan fingerprint density at radius 1 is 1.14 bits per heavy atom. The molecule has 3 heterocycles. The minimum Gasteiger partial charge on any atom is -0.494 e. The molecular weight excluding hydrogens is 554 g/mol. The highest BCUT2D eigenvalue weighted by atomic mass is 16.7. The van der Waals surface area contributed by atoms with Crippen LogP contribution in [-0.2, 0) is 16.1 Å². The fourth-order valence-corrected chi connectivity index (χ4v) is 4.32. The summed E-state index contributed by atoms with van der Waals surface area (Å²) < 4.78 is 11.1. The highest BCUT2D eigenvalue weighted by Gasteiger charge is 2.31. The first-order chi connectivity index (χ1) is 20.1. The Kier molecular flexibility index (Phi) is 8.25. The Balaban J connectivity index is 1.40. The number of piperazine rings is 1. The van der Waals surface area contributed by atoms with Crippen LogP contribution in [0.2, 0.25) is 0 Å². The maximum absolute atomic E-state index is 12.7. The summed E-state index contributed by atoms with van der Waals surface area (Å²) in [7, 11) is 1.43. The van der Waals surface area contributed by atoms with Gasteiger partial charge in [-0.3, -0.25) is 24.6 Å². The van der Waals surface area contributed by atoms with Gasteiger partial charge in [0.1, 0.15) is 0 Å². The Morgan fingerprint density at radius 2 is 1.90 bits per heavy atom. The second kappa shape index (κ2) is 12.0. The molecule has 222 valence electrons. The van der Waals surface area contributed by atoms with Crippen LogP contribution in [0.1, 0.15) is 29.2 Å². The van der Waals surface area contributed by atoms with E-state index < -0.39 is 17.7 Å². The standard InChI is InChI=1S/C25H29N9O8/c1-41-21-15(22-28-19(42-32-22)12-33-7-9-34(13-35)10-8-33)3-2-4-16(21)26-17-11-18(27-23(36)14-5-6-14)30-31-20(17)24(37)29-25(38,39)40/h2-4,11,13-14,38-40H,5-10,12H2,1H3,(H,29,37)(H2,26,27,30,36). The first kappa shape index (κ1) is 28.8. The van der Waals surface area contributed by atoms with E-state index in [9.17, 15) is 29.7 Å². The number of hydrogen-bond acceptors (Lipinski definition) is 14. The van der Waals surface area contributed by atoms with Crippen LogP contribution in [0.4, 0.5) is 17.2 Å². The number of nitrogens with zero attached hydrogens (tertiary/aromatic N) is 6. The fourth-order valence-electron chi connectivity index (χ4n) is 4.32. The van der Waals surface area contributed by atoms with E-state index in [1.165, 1.54) is 13.2 Å². The molecule has 3 amide bonds.